The predicted octanol–water partition coefficient (Wildman–Crippen LogP) is 2.42. The van der Waals surface area contributed by atoms with Gasteiger partial charge in [-0.05, 0) is 32.6 Å². The van der Waals surface area contributed by atoms with E-state index < -0.39 is 0 Å². The molecule has 2 heteroatoms. The van der Waals surface area contributed by atoms with Crippen molar-refractivity contribution in [2.24, 2.45) is 11.3 Å². The molecule has 0 radical (unpaired) electrons. The zero-order valence-corrected chi connectivity index (χ0v) is 9.09. The number of hydrogen-bond acceptors (Lipinski definition) is 2. The first kappa shape index (κ1) is 10.7. The SMILES string of the molecule is CC(C)CC1(C=O)CCOC1(C)C. The first-order valence-corrected chi connectivity index (χ1v) is 5.04. The Morgan fingerprint density at radius 3 is 2.38 bits per heavy atom. The molecule has 76 valence electrons. The molecule has 1 unspecified atom stereocenters. The molecule has 0 spiro atoms. The van der Waals surface area contributed by atoms with Crippen LogP contribution < -0.4 is 0 Å². The minimum absolute atomic E-state index is 0.249. The lowest BCUT2D eigenvalue weighted by atomic mass is 9.69. The molecule has 1 aliphatic rings. The maximum atomic E-state index is 11.2. The summed E-state index contributed by atoms with van der Waals surface area (Å²) in [6.45, 7) is 9.07. The fourth-order valence-electron chi connectivity index (χ4n) is 2.26. The van der Waals surface area contributed by atoms with Crippen molar-refractivity contribution >= 4 is 6.29 Å². The highest BCUT2D eigenvalue weighted by Gasteiger charge is 2.50. The quantitative estimate of drug-likeness (QED) is 0.630. The van der Waals surface area contributed by atoms with Crippen LogP contribution in [0.15, 0.2) is 0 Å². The summed E-state index contributed by atoms with van der Waals surface area (Å²) in [4.78, 5) is 11.2. The number of ether oxygens (including phenoxy) is 1. The van der Waals surface area contributed by atoms with Gasteiger partial charge in [0.2, 0.25) is 0 Å². The Morgan fingerprint density at radius 1 is 1.46 bits per heavy atom. The molecular weight excluding hydrogens is 164 g/mol. The maximum Gasteiger partial charge on any atom is 0.129 e. The molecule has 1 aliphatic heterocycles. The number of hydrogen-bond donors (Lipinski definition) is 0. The van der Waals surface area contributed by atoms with Gasteiger partial charge in [-0.3, -0.25) is 0 Å². The van der Waals surface area contributed by atoms with E-state index >= 15 is 0 Å². The van der Waals surface area contributed by atoms with Crippen LogP contribution in [-0.2, 0) is 9.53 Å². The Labute approximate surface area is 80.7 Å². The summed E-state index contributed by atoms with van der Waals surface area (Å²) in [7, 11) is 0. The summed E-state index contributed by atoms with van der Waals surface area (Å²) in [6, 6.07) is 0. The molecule has 0 amide bonds. The van der Waals surface area contributed by atoms with E-state index in [0.717, 1.165) is 25.7 Å². The van der Waals surface area contributed by atoms with Crippen LogP contribution in [-0.4, -0.2) is 18.5 Å². The van der Waals surface area contributed by atoms with E-state index in [2.05, 4.69) is 13.8 Å². The highest BCUT2D eigenvalue weighted by atomic mass is 16.5. The van der Waals surface area contributed by atoms with Crippen LogP contribution in [0.25, 0.3) is 0 Å². The normalized spacial score (nSPS) is 32.4. The lowest BCUT2D eigenvalue weighted by molar-refractivity contribution is -0.126. The van der Waals surface area contributed by atoms with Crippen LogP contribution in [0.4, 0.5) is 0 Å². The minimum Gasteiger partial charge on any atom is -0.375 e. The van der Waals surface area contributed by atoms with E-state index in [1.54, 1.807) is 0 Å². The van der Waals surface area contributed by atoms with E-state index in [1.807, 2.05) is 13.8 Å². The second-order valence-electron chi connectivity index (χ2n) is 4.98. The average molecular weight is 184 g/mol. The summed E-state index contributed by atoms with van der Waals surface area (Å²) in [5.41, 5.74) is -0.528. The second-order valence-corrected chi connectivity index (χ2v) is 4.98. The summed E-state index contributed by atoms with van der Waals surface area (Å²) in [5, 5.41) is 0. The van der Waals surface area contributed by atoms with Crippen molar-refractivity contribution in [3.8, 4) is 0 Å². The lowest BCUT2D eigenvalue weighted by Crippen LogP contribution is -2.42. The van der Waals surface area contributed by atoms with Crippen molar-refractivity contribution in [1.29, 1.82) is 0 Å². The number of aldehydes is 1. The molecule has 0 N–H and O–H groups in total. The van der Waals surface area contributed by atoms with E-state index in [4.69, 9.17) is 4.74 Å². The minimum atomic E-state index is -0.279. The van der Waals surface area contributed by atoms with Gasteiger partial charge in [0, 0.05) is 6.61 Å². The van der Waals surface area contributed by atoms with Crippen molar-refractivity contribution in [1.82, 2.24) is 0 Å². The maximum absolute atomic E-state index is 11.2. The fraction of sp³-hybridized carbons (Fsp3) is 0.909. The van der Waals surface area contributed by atoms with Gasteiger partial charge in [0.1, 0.15) is 6.29 Å². The summed E-state index contributed by atoms with van der Waals surface area (Å²) in [5.74, 6) is 0.547. The summed E-state index contributed by atoms with van der Waals surface area (Å²) >= 11 is 0. The van der Waals surface area contributed by atoms with Gasteiger partial charge in [-0.2, -0.15) is 0 Å². The first-order valence-electron chi connectivity index (χ1n) is 5.04. The Kier molecular flexibility index (Phi) is 2.81. The number of carbonyl (C=O) groups is 1. The Balaban J connectivity index is 2.85. The number of carbonyl (C=O) groups excluding carboxylic acids is 1. The van der Waals surface area contributed by atoms with Gasteiger partial charge in [-0.1, -0.05) is 13.8 Å². The molecule has 0 aromatic carbocycles. The molecule has 0 aromatic rings. The van der Waals surface area contributed by atoms with Crippen LogP contribution in [0.1, 0.15) is 40.5 Å². The lowest BCUT2D eigenvalue weighted by Gasteiger charge is -2.36. The molecule has 1 fully saturated rings. The smallest absolute Gasteiger partial charge is 0.129 e. The third kappa shape index (κ3) is 1.78. The van der Waals surface area contributed by atoms with E-state index in [1.165, 1.54) is 0 Å². The molecule has 0 aliphatic carbocycles. The molecule has 13 heavy (non-hydrogen) atoms. The Hall–Kier alpha value is -0.370. The number of rotatable bonds is 3. The predicted molar refractivity (Wildman–Crippen MR) is 52.6 cm³/mol. The van der Waals surface area contributed by atoms with E-state index in [9.17, 15) is 4.79 Å². The van der Waals surface area contributed by atoms with Gasteiger partial charge >= 0.3 is 0 Å². The molecular formula is C11H20O2. The second kappa shape index (κ2) is 3.41. The molecule has 1 rings (SSSR count). The van der Waals surface area contributed by atoms with Crippen molar-refractivity contribution < 1.29 is 9.53 Å². The van der Waals surface area contributed by atoms with Crippen molar-refractivity contribution in [3.63, 3.8) is 0 Å². The van der Waals surface area contributed by atoms with Crippen molar-refractivity contribution in [2.75, 3.05) is 6.61 Å². The molecule has 0 bridgehead atoms. The van der Waals surface area contributed by atoms with Crippen molar-refractivity contribution in [3.05, 3.63) is 0 Å². The molecule has 0 aromatic heterocycles. The largest absolute Gasteiger partial charge is 0.375 e. The van der Waals surface area contributed by atoms with Crippen molar-refractivity contribution in [2.45, 2.75) is 46.1 Å². The monoisotopic (exact) mass is 184 g/mol. The summed E-state index contributed by atoms with van der Waals surface area (Å²) < 4.78 is 5.62. The van der Waals surface area contributed by atoms with Gasteiger partial charge in [0.15, 0.2) is 0 Å². The first-order chi connectivity index (χ1) is 5.93. The van der Waals surface area contributed by atoms with Crippen LogP contribution in [0, 0.1) is 11.3 Å². The zero-order valence-electron chi connectivity index (χ0n) is 9.09. The summed E-state index contributed by atoms with van der Waals surface area (Å²) in [6.07, 6.45) is 2.92. The van der Waals surface area contributed by atoms with E-state index in [0.29, 0.717) is 5.92 Å². The highest BCUT2D eigenvalue weighted by Crippen LogP contribution is 2.46. The molecule has 1 saturated heterocycles. The Morgan fingerprint density at radius 2 is 2.08 bits per heavy atom. The molecule has 0 saturated carbocycles. The van der Waals surface area contributed by atoms with Gasteiger partial charge < -0.3 is 9.53 Å². The zero-order chi connectivity index (χ0) is 10.1. The topological polar surface area (TPSA) is 26.3 Å². The molecule has 2 nitrogen and oxygen atoms in total. The standard InChI is InChI=1S/C11H20O2/c1-9(2)7-11(8-12)5-6-13-10(11,3)4/h8-9H,5-7H2,1-4H3. The molecule has 1 atom stereocenters. The van der Waals surface area contributed by atoms with Gasteiger partial charge in [0.25, 0.3) is 0 Å². The van der Waals surface area contributed by atoms with Gasteiger partial charge in [0.05, 0.1) is 11.0 Å². The highest BCUT2D eigenvalue weighted by molar-refractivity contribution is 5.62. The van der Waals surface area contributed by atoms with Gasteiger partial charge in [-0.15, -0.1) is 0 Å². The third-order valence-electron chi connectivity index (χ3n) is 3.21. The third-order valence-corrected chi connectivity index (χ3v) is 3.21. The van der Waals surface area contributed by atoms with Crippen LogP contribution in [0.3, 0.4) is 0 Å². The van der Waals surface area contributed by atoms with Crippen LogP contribution in [0.5, 0.6) is 0 Å². The fourth-order valence-corrected chi connectivity index (χ4v) is 2.26. The van der Waals surface area contributed by atoms with Crippen LogP contribution in [0.2, 0.25) is 0 Å². The van der Waals surface area contributed by atoms with Gasteiger partial charge in [-0.25, -0.2) is 0 Å². The Bertz CT molecular complexity index is 196. The van der Waals surface area contributed by atoms with Crippen LogP contribution >= 0.6 is 0 Å². The molecule has 1 heterocycles. The average Bonchev–Trinajstić information content (AvgIpc) is 2.27. The van der Waals surface area contributed by atoms with E-state index in [-0.39, 0.29) is 11.0 Å².